The molecule has 9 heteroatoms. The van der Waals surface area contributed by atoms with Crippen LogP contribution in [0.5, 0.6) is 11.5 Å². The Labute approximate surface area is 223 Å². The van der Waals surface area contributed by atoms with Gasteiger partial charge in [-0.2, -0.15) is 0 Å². The number of nitrogens with zero attached hydrogens (tertiary/aromatic N) is 3. The number of amides is 1. The minimum absolute atomic E-state index is 0.0228. The van der Waals surface area contributed by atoms with Gasteiger partial charge in [0, 0.05) is 44.4 Å². The number of pyridine rings is 2. The molecule has 3 aromatic heterocycles. The van der Waals surface area contributed by atoms with Gasteiger partial charge in [0.1, 0.15) is 11.5 Å². The van der Waals surface area contributed by atoms with Gasteiger partial charge in [-0.25, -0.2) is 4.39 Å². The first kappa shape index (κ1) is 24.6. The highest BCUT2D eigenvalue weighted by molar-refractivity contribution is 7.22. The van der Waals surface area contributed by atoms with Crippen LogP contribution < -0.4 is 10.5 Å². The van der Waals surface area contributed by atoms with Gasteiger partial charge in [0.05, 0.1) is 26.8 Å². The predicted molar refractivity (Wildman–Crippen MR) is 143 cm³/mol. The molecular weight excluding hydrogens is 503 g/mol. The number of Topliss-reactive ketones (excluding diaryl/α,β-unsaturated/α-hetero) is 1. The van der Waals surface area contributed by atoms with E-state index in [9.17, 15) is 14.0 Å². The maximum Gasteiger partial charge on any atom is 0.239 e. The van der Waals surface area contributed by atoms with E-state index in [1.165, 1.54) is 17.4 Å². The molecule has 2 aliphatic rings. The van der Waals surface area contributed by atoms with Gasteiger partial charge in [-0.1, -0.05) is 12.1 Å². The zero-order valence-electron chi connectivity index (χ0n) is 20.7. The van der Waals surface area contributed by atoms with E-state index >= 15 is 0 Å². The molecule has 2 N–H and O–H groups in total. The molecule has 6 rings (SSSR count). The average Bonchev–Trinajstić information content (AvgIpc) is 3.51. The van der Waals surface area contributed by atoms with E-state index in [-0.39, 0.29) is 23.9 Å². The lowest BCUT2D eigenvalue weighted by Gasteiger charge is -2.15. The number of benzene rings is 1. The van der Waals surface area contributed by atoms with Crippen molar-refractivity contribution in [2.24, 2.45) is 11.7 Å². The molecular formula is C29H27FN4O3S. The SMILES string of the molecule is N[C@H]1CCN(Cc2ccc(-c3cc4nccc(Oc5ccc(CC(=O)CC6CC6)cc5F)c4s3)nc2)C1=O. The highest BCUT2D eigenvalue weighted by atomic mass is 32.1. The van der Waals surface area contributed by atoms with Gasteiger partial charge in [0.15, 0.2) is 11.6 Å². The van der Waals surface area contributed by atoms with Gasteiger partial charge in [-0.15, -0.1) is 11.3 Å². The third-order valence-electron chi connectivity index (χ3n) is 7.00. The van der Waals surface area contributed by atoms with Crippen LogP contribution >= 0.6 is 11.3 Å². The van der Waals surface area contributed by atoms with Gasteiger partial charge in [0.2, 0.25) is 5.91 Å². The van der Waals surface area contributed by atoms with Crippen LogP contribution in [0, 0.1) is 11.7 Å². The second-order valence-corrected chi connectivity index (χ2v) is 11.1. The Kier molecular flexibility index (Phi) is 6.63. The van der Waals surface area contributed by atoms with Gasteiger partial charge in [-0.3, -0.25) is 19.6 Å². The van der Waals surface area contributed by atoms with Gasteiger partial charge in [-0.05, 0) is 60.6 Å². The number of carbonyl (C=O) groups excluding carboxylic acids is 2. The topological polar surface area (TPSA) is 98.4 Å². The summed E-state index contributed by atoms with van der Waals surface area (Å²) in [7, 11) is 0. The number of hydrogen-bond acceptors (Lipinski definition) is 7. The second-order valence-electron chi connectivity index (χ2n) is 10.1. The zero-order chi connectivity index (χ0) is 26.2. The Bertz CT molecular complexity index is 1520. The van der Waals surface area contributed by atoms with E-state index in [1.54, 1.807) is 35.5 Å². The number of thiophene rings is 1. The smallest absolute Gasteiger partial charge is 0.239 e. The zero-order valence-corrected chi connectivity index (χ0v) is 21.5. The van der Waals surface area contributed by atoms with E-state index in [1.807, 2.05) is 18.2 Å². The molecule has 4 aromatic rings. The first-order valence-electron chi connectivity index (χ1n) is 12.8. The van der Waals surface area contributed by atoms with Crippen molar-refractivity contribution >= 4 is 33.2 Å². The largest absolute Gasteiger partial charge is 0.453 e. The van der Waals surface area contributed by atoms with Crippen LogP contribution in [0.4, 0.5) is 4.39 Å². The van der Waals surface area contributed by atoms with Crippen molar-refractivity contribution in [2.75, 3.05) is 6.54 Å². The van der Waals surface area contributed by atoms with Crippen molar-refractivity contribution in [3.05, 3.63) is 71.8 Å². The van der Waals surface area contributed by atoms with Crippen molar-refractivity contribution in [1.29, 1.82) is 0 Å². The first-order valence-corrected chi connectivity index (χ1v) is 13.6. The molecule has 0 unspecified atom stereocenters. The normalized spacial score (nSPS) is 17.4. The Morgan fingerprint density at radius 2 is 1.92 bits per heavy atom. The molecule has 1 aliphatic heterocycles. The summed E-state index contributed by atoms with van der Waals surface area (Å²) < 4.78 is 21.6. The Morgan fingerprint density at radius 3 is 2.63 bits per heavy atom. The number of ether oxygens (including phenoxy) is 1. The molecule has 1 saturated carbocycles. The molecule has 194 valence electrons. The van der Waals surface area contributed by atoms with Crippen molar-refractivity contribution in [2.45, 2.75) is 44.7 Å². The lowest BCUT2D eigenvalue weighted by Crippen LogP contribution is -2.33. The van der Waals surface area contributed by atoms with Crippen molar-refractivity contribution < 1.29 is 18.7 Å². The highest BCUT2D eigenvalue weighted by Gasteiger charge is 2.28. The van der Waals surface area contributed by atoms with Crippen molar-refractivity contribution in [3.63, 3.8) is 0 Å². The lowest BCUT2D eigenvalue weighted by atomic mass is 10.0. The molecule has 4 heterocycles. The Hall–Kier alpha value is -3.69. The lowest BCUT2D eigenvalue weighted by molar-refractivity contribution is -0.129. The van der Waals surface area contributed by atoms with E-state index in [2.05, 4.69) is 9.97 Å². The summed E-state index contributed by atoms with van der Waals surface area (Å²) in [4.78, 5) is 36.0. The second kappa shape index (κ2) is 10.2. The third-order valence-corrected chi connectivity index (χ3v) is 8.16. The summed E-state index contributed by atoms with van der Waals surface area (Å²) in [6, 6.07) is 11.8. The van der Waals surface area contributed by atoms with Crippen LogP contribution in [-0.2, 0) is 22.6 Å². The molecule has 1 saturated heterocycles. The average molecular weight is 531 g/mol. The molecule has 1 atom stereocenters. The maximum atomic E-state index is 14.9. The van der Waals surface area contributed by atoms with Gasteiger partial charge < -0.3 is 15.4 Å². The minimum atomic E-state index is -0.502. The third kappa shape index (κ3) is 5.30. The predicted octanol–water partition coefficient (Wildman–Crippen LogP) is 5.26. The highest BCUT2D eigenvalue weighted by Crippen LogP contribution is 2.39. The van der Waals surface area contributed by atoms with Crippen LogP contribution in [0.3, 0.4) is 0 Å². The molecule has 0 spiro atoms. The summed E-state index contributed by atoms with van der Waals surface area (Å²) in [5.74, 6) is 0.752. The maximum absolute atomic E-state index is 14.9. The molecule has 7 nitrogen and oxygen atoms in total. The summed E-state index contributed by atoms with van der Waals surface area (Å²) in [6.45, 7) is 1.15. The van der Waals surface area contributed by atoms with E-state index in [4.69, 9.17) is 10.5 Å². The van der Waals surface area contributed by atoms with Gasteiger partial charge in [0.25, 0.3) is 0 Å². The fourth-order valence-corrected chi connectivity index (χ4v) is 5.77. The van der Waals surface area contributed by atoms with Crippen LogP contribution in [0.15, 0.2) is 54.9 Å². The van der Waals surface area contributed by atoms with Crippen LogP contribution in [0.25, 0.3) is 20.8 Å². The van der Waals surface area contributed by atoms with E-state index < -0.39 is 11.9 Å². The van der Waals surface area contributed by atoms with Crippen LogP contribution in [0.2, 0.25) is 0 Å². The molecule has 1 aromatic carbocycles. The molecule has 0 bridgehead atoms. The summed E-state index contributed by atoms with van der Waals surface area (Å²) in [6.07, 6.45) is 7.15. The number of aromatic nitrogens is 2. The molecule has 1 amide bonds. The number of rotatable bonds is 9. The first-order chi connectivity index (χ1) is 18.4. The number of halogens is 1. The van der Waals surface area contributed by atoms with Gasteiger partial charge >= 0.3 is 0 Å². The standard InChI is InChI=1S/C29H27FN4O3S/c30-21-13-18(12-20(35)11-17-1-2-17)4-6-25(21)37-26-7-9-32-24-14-27(38-28(24)26)23-5-3-19(15-33-23)16-34-10-8-22(31)29(34)36/h3-7,9,13-15,17,22H,1-2,8,10-12,16,31H2/t22-/m0/s1. The Balaban J connectivity index is 1.17. The number of carbonyl (C=O) groups is 2. The molecule has 1 aliphatic carbocycles. The number of ketones is 1. The van der Waals surface area contributed by atoms with E-state index in [0.29, 0.717) is 43.2 Å². The van der Waals surface area contributed by atoms with E-state index in [0.717, 1.165) is 39.2 Å². The number of likely N-dealkylation sites (tertiary alicyclic amines) is 1. The number of nitrogens with two attached hydrogens (primary N) is 1. The fourth-order valence-electron chi connectivity index (χ4n) is 4.72. The monoisotopic (exact) mass is 530 g/mol. The van der Waals surface area contributed by atoms with Crippen LogP contribution in [0.1, 0.15) is 36.8 Å². The Morgan fingerprint density at radius 1 is 1.08 bits per heavy atom. The minimum Gasteiger partial charge on any atom is -0.453 e. The van der Waals surface area contributed by atoms with Crippen molar-refractivity contribution in [1.82, 2.24) is 14.9 Å². The fraction of sp³-hybridized carbons (Fsp3) is 0.310. The van der Waals surface area contributed by atoms with Crippen molar-refractivity contribution in [3.8, 4) is 22.1 Å². The summed E-state index contributed by atoms with van der Waals surface area (Å²) >= 11 is 1.47. The number of fused-ring (bicyclic) bond motifs is 1. The molecule has 38 heavy (non-hydrogen) atoms. The summed E-state index contributed by atoms with van der Waals surface area (Å²) in [5, 5.41) is 0. The number of hydrogen-bond donors (Lipinski definition) is 1. The molecule has 2 fully saturated rings. The quantitative estimate of drug-likeness (QED) is 0.317. The van der Waals surface area contributed by atoms with Crippen LogP contribution in [-0.4, -0.2) is 39.1 Å². The summed E-state index contributed by atoms with van der Waals surface area (Å²) in [5.41, 5.74) is 8.91. The molecule has 0 radical (unpaired) electrons.